The summed E-state index contributed by atoms with van der Waals surface area (Å²) in [6, 6.07) is 3.07. The Labute approximate surface area is 122 Å². The maximum absolute atomic E-state index is 12.2. The molecule has 0 spiro atoms. The van der Waals surface area contributed by atoms with Gasteiger partial charge in [0.05, 0.1) is 4.92 Å². The van der Waals surface area contributed by atoms with Gasteiger partial charge < -0.3 is 5.32 Å². The Morgan fingerprint density at radius 1 is 1.45 bits per heavy atom. The number of amides is 1. The first-order valence-electron chi connectivity index (χ1n) is 5.52. The molecule has 0 bridgehead atoms. The standard InChI is InChI=1S/C10H10BrN3O5S/c11-6-1-2-9(8(3-6)14(16)17)20(18,19)13-7-4-10(15)12-5-7/h1-3,7,13H,4-5H2,(H,12,15). The van der Waals surface area contributed by atoms with E-state index in [0.29, 0.717) is 4.47 Å². The van der Waals surface area contributed by atoms with E-state index in [2.05, 4.69) is 26.0 Å². The van der Waals surface area contributed by atoms with Crippen LogP contribution in [0.4, 0.5) is 5.69 Å². The van der Waals surface area contributed by atoms with Crippen molar-refractivity contribution >= 4 is 37.5 Å². The molecule has 0 saturated carbocycles. The predicted octanol–water partition coefficient (Wildman–Crippen LogP) is 0.524. The molecule has 0 aliphatic carbocycles. The largest absolute Gasteiger partial charge is 0.354 e. The third-order valence-corrected chi connectivity index (χ3v) is 4.77. The van der Waals surface area contributed by atoms with Crippen molar-refractivity contribution < 1.29 is 18.1 Å². The zero-order valence-corrected chi connectivity index (χ0v) is 12.4. The van der Waals surface area contributed by atoms with Gasteiger partial charge in [0, 0.05) is 29.5 Å². The maximum Gasteiger partial charge on any atom is 0.290 e. The van der Waals surface area contributed by atoms with Crippen LogP contribution in [-0.4, -0.2) is 31.8 Å². The van der Waals surface area contributed by atoms with Gasteiger partial charge in [-0.15, -0.1) is 0 Å². The highest BCUT2D eigenvalue weighted by Crippen LogP contribution is 2.27. The number of benzene rings is 1. The maximum atomic E-state index is 12.2. The normalized spacial score (nSPS) is 18.9. The molecule has 1 aliphatic rings. The summed E-state index contributed by atoms with van der Waals surface area (Å²) in [5, 5.41) is 13.4. The Morgan fingerprint density at radius 3 is 2.70 bits per heavy atom. The summed E-state index contributed by atoms with van der Waals surface area (Å²) in [6.07, 6.45) is 0.0174. The lowest BCUT2D eigenvalue weighted by Crippen LogP contribution is -2.36. The molecule has 1 aromatic rings. The minimum atomic E-state index is -4.06. The van der Waals surface area contributed by atoms with Crippen molar-refractivity contribution in [1.82, 2.24) is 10.0 Å². The van der Waals surface area contributed by atoms with Crippen molar-refractivity contribution in [3.8, 4) is 0 Å². The minimum absolute atomic E-state index is 0.0174. The van der Waals surface area contributed by atoms with Gasteiger partial charge in [-0.2, -0.15) is 0 Å². The number of rotatable bonds is 4. The van der Waals surface area contributed by atoms with Crippen LogP contribution in [0.15, 0.2) is 27.6 Å². The second kappa shape index (κ2) is 5.46. The van der Waals surface area contributed by atoms with Crippen LogP contribution in [-0.2, 0) is 14.8 Å². The van der Waals surface area contributed by atoms with Gasteiger partial charge in [-0.1, -0.05) is 15.9 Å². The molecule has 20 heavy (non-hydrogen) atoms. The molecule has 1 saturated heterocycles. The first-order chi connectivity index (χ1) is 9.29. The number of carbonyl (C=O) groups is 1. The van der Waals surface area contributed by atoms with Crippen molar-refractivity contribution in [2.45, 2.75) is 17.4 Å². The number of nitro benzene ring substituents is 1. The van der Waals surface area contributed by atoms with E-state index in [4.69, 9.17) is 0 Å². The number of carbonyl (C=O) groups excluding carboxylic acids is 1. The van der Waals surface area contributed by atoms with Crippen LogP contribution in [0.1, 0.15) is 6.42 Å². The zero-order chi connectivity index (χ0) is 14.9. The molecular formula is C10H10BrN3O5S. The smallest absolute Gasteiger partial charge is 0.290 e. The molecule has 1 unspecified atom stereocenters. The Hall–Kier alpha value is -1.52. The topological polar surface area (TPSA) is 118 Å². The van der Waals surface area contributed by atoms with E-state index in [0.717, 1.165) is 12.1 Å². The van der Waals surface area contributed by atoms with Gasteiger partial charge in [-0.05, 0) is 12.1 Å². The average Bonchev–Trinajstić information content (AvgIpc) is 2.73. The Morgan fingerprint density at radius 2 is 2.15 bits per heavy atom. The van der Waals surface area contributed by atoms with Gasteiger partial charge in [0.15, 0.2) is 4.90 Å². The van der Waals surface area contributed by atoms with Crippen LogP contribution in [0, 0.1) is 10.1 Å². The van der Waals surface area contributed by atoms with E-state index in [1.165, 1.54) is 6.07 Å². The van der Waals surface area contributed by atoms with Gasteiger partial charge in [0.2, 0.25) is 15.9 Å². The third-order valence-electron chi connectivity index (χ3n) is 2.71. The van der Waals surface area contributed by atoms with E-state index >= 15 is 0 Å². The summed E-state index contributed by atoms with van der Waals surface area (Å²) in [5.41, 5.74) is -0.524. The summed E-state index contributed by atoms with van der Waals surface area (Å²) in [6.45, 7) is 0.169. The van der Waals surface area contributed by atoms with Gasteiger partial charge in [0.1, 0.15) is 0 Å². The molecule has 0 aromatic heterocycles. The zero-order valence-electron chi connectivity index (χ0n) is 10.00. The fraction of sp³-hybridized carbons (Fsp3) is 0.300. The van der Waals surface area contributed by atoms with Crippen molar-refractivity contribution in [3.63, 3.8) is 0 Å². The van der Waals surface area contributed by atoms with Gasteiger partial charge >= 0.3 is 0 Å². The van der Waals surface area contributed by atoms with E-state index in [9.17, 15) is 23.3 Å². The van der Waals surface area contributed by atoms with E-state index in [-0.39, 0.29) is 18.9 Å². The minimum Gasteiger partial charge on any atom is -0.354 e. The molecule has 2 N–H and O–H groups in total. The monoisotopic (exact) mass is 363 g/mol. The van der Waals surface area contributed by atoms with Crippen LogP contribution in [0.25, 0.3) is 0 Å². The number of nitro groups is 1. The van der Waals surface area contributed by atoms with Crippen LogP contribution >= 0.6 is 15.9 Å². The highest BCUT2D eigenvalue weighted by Gasteiger charge is 2.31. The Balaban J connectivity index is 2.34. The van der Waals surface area contributed by atoms with Crippen LogP contribution < -0.4 is 10.0 Å². The van der Waals surface area contributed by atoms with E-state index in [1.54, 1.807) is 0 Å². The van der Waals surface area contributed by atoms with Gasteiger partial charge in [0.25, 0.3) is 5.69 Å². The third kappa shape index (κ3) is 3.14. The number of sulfonamides is 1. The molecule has 1 heterocycles. The second-order valence-corrected chi connectivity index (χ2v) is 6.79. The molecule has 1 aliphatic heterocycles. The van der Waals surface area contributed by atoms with Crippen LogP contribution in [0.5, 0.6) is 0 Å². The molecule has 1 aromatic carbocycles. The van der Waals surface area contributed by atoms with E-state index < -0.39 is 31.6 Å². The van der Waals surface area contributed by atoms with Gasteiger partial charge in [-0.25, -0.2) is 13.1 Å². The average molecular weight is 364 g/mol. The highest BCUT2D eigenvalue weighted by atomic mass is 79.9. The molecule has 0 radical (unpaired) electrons. The quantitative estimate of drug-likeness (QED) is 0.597. The van der Waals surface area contributed by atoms with Gasteiger partial charge in [-0.3, -0.25) is 14.9 Å². The SMILES string of the molecule is O=C1CC(NS(=O)(=O)c2ccc(Br)cc2[N+](=O)[O-])CN1. The van der Waals surface area contributed by atoms with Crippen molar-refractivity contribution in [3.05, 3.63) is 32.8 Å². The predicted molar refractivity (Wildman–Crippen MR) is 72.5 cm³/mol. The Bertz CT molecular complexity index is 675. The summed E-state index contributed by atoms with van der Waals surface area (Å²) in [4.78, 5) is 20.8. The number of nitrogens with one attached hydrogen (secondary N) is 2. The van der Waals surface area contributed by atoms with Crippen molar-refractivity contribution in [1.29, 1.82) is 0 Å². The number of hydrogen-bond donors (Lipinski definition) is 2. The molecule has 1 fully saturated rings. The lowest BCUT2D eigenvalue weighted by molar-refractivity contribution is -0.387. The molecular weight excluding hydrogens is 354 g/mol. The summed E-state index contributed by atoms with van der Waals surface area (Å²) >= 11 is 3.05. The second-order valence-electron chi connectivity index (χ2n) is 4.20. The summed E-state index contributed by atoms with van der Waals surface area (Å²) < 4.78 is 27.0. The summed E-state index contributed by atoms with van der Waals surface area (Å²) in [5.74, 6) is -0.261. The first-order valence-corrected chi connectivity index (χ1v) is 7.80. The summed E-state index contributed by atoms with van der Waals surface area (Å²) in [7, 11) is -4.06. The van der Waals surface area contributed by atoms with E-state index in [1.807, 2.05) is 0 Å². The van der Waals surface area contributed by atoms with Crippen LogP contribution in [0.3, 0.4) is 0 Å². The lowest BCUT2D eigenvalue weighted by atomic mass is 10.3. The number of hydrogen-bond acceptors (Lipinski definition) is 5. The van der Waals surface area contributed by atoms with Crippen molar-refractivity contribution in [2.75, 3.05) is 6.54 Å². The molecule has 1 atom stereocenters. The Kier molecular flexibility index (Phi) is 4.06. The molecule has 10 heteroatoms. The first kappa shape index (κ1) is 14.9. The lowest BCUT2D eigenvalue weighted by Gasteiger charge is -2.11. The molecule has 108 valence electrons. The molecule has 8 nitrogen and oxygen atoms in total. The fourth-order valence-electron chi connectivity index (χ4n) is 1.83. The highest BCUT2D eigenvalue weighted by molar-refractivity contribution is 9.10. The molecule has 2 rings (SSSR count). The van der Waals surface area contributed by atoms with Crippen LogP contribution in [0.2, 0.25) is 0 Å². The number of halogens is 1. The number of nitrogens with zero attached hydrogens (tertiary/aromatic N) is 1. The molecule has 1 amide bonds. The fourth-order valence-corrected chi connectivity index (χ4v) is 3.57. The van der Waals surface area contributed by atoms with Crippen molar-refractivity contribution in [2.24, 2.45) is 0 Å².